The molecule has 13 nitrogen and oxygen atoms in total. The van der Waals surface area contributed by atoms with Crippen LogP contribution in [0.4, 0.5) is 0 Å². The van der Waals surface area contributed by atoms with Crippen molar-refractivity contribution in [3.63, 3.8) is 0 Å². The number of hydrogen-bond acceptors (Lipinski definition) is 12. The summed E-state index contributed by atoms with van der Waals surface area (Å²) in [5, 5.41) is 50.0. The van der Waals surface area contributed by atoms with E-state index in [9.17, 15) is 44.6 Å². The maximum absolute atomic E-state index is 12.8. The van der Waals surface area contributed by atoms with Gasteiger partial charge in [-0.15, -0.1) is 0 Å². The van der Waals surface area contributed by atoms with Gasteiger partial charge in [-0.25, -0.2) is 4.57 Å². The lowest BCUT2D eigenvalue weighted by Gasteiger charge is -2.41. The molecule has 6 N–H and O–H groups in total. The van der Waals surface area contributed by atoms with Crippen molar-refractivity contribution < 1.29 is 63.1 Å². The molecule has 0 bridgehead atoms. The van der Waals surface area contributed by atoms with Crippen LogP contribution >= 0.6 is 7.82 Å². The Hall–Kier alpha value is -2.19. The van der Waals surface area contributed by atoms with Gasteiger partial charge in [-0.2, -0.15) is 0 Å². The molecule has 0 aliphatic heterocycles. The molecular weight excluding hydrogens is 755 g/mol. The quantitative estimate of drug-likeness (QED) is 0.0160. The number of carbonyl (C=O) groups is 2. The van der Waals surface area contributed by atoms with Crippen molar-refractivity contribution >= 4 is 19.8 Å². The highest BCUT2D eigenvalue weighted by molar-refractivity contribution is 7.47. The Morgan fingerprint density at radius 2 is 0.965 bits per heavy atom. The summed E-state index contributed by atoms with van der Waals surface area (Å²) in [4.78, 5) is 35.5. The van der Waals surface area contributed by atoms with Gasteiger partial charge in [-0.05, 0) is 51.4 Å². The fourth-order valence-corrected chi connectivity index (χ4v) is 7.13. The van der Waals surface area contributed by atoms with E-state index in [0.717, 1.165) is 51.4 Å². The zero-order valence-electron chi connectivity index (χ0n) is 34.6. The number of rotatable bonds is 34. The van der Waals surface area contributed by atoms with Crippen molar-refractivity contribution in [1.82, 2.24) is 0 Å². The number of esters is 2. The third-order valence-corrected chi connectivity index (χ3v) is 10.7. The minimum absolute atomic E-state index is 0.0857. The fraction of sp³-hybridized carbons (Fsp3) is 0.767. The summed E-state index contributed by atoms with van der Waals surface area (Å²) in [6, 6.07) is 0. The normalized spacial score (nSPS) is 23.2. The van der Waals surface area contributed by atoms with Gasteiger partial charge in [0.25, 0.3) is 0 Å². The van der Waals surface area contributed by atoms with Crippen LogP contribution in [0.25, 0.3) is 0 Å². The Morgan fingerprint density at radius 1 is 0.544 bits per heavy atom. The van der Waals surface area contributed by atoms with Crippen molar-refractivity contribution in [2.45, 2.75) is 198 Å². The topological polar surface area (TPSA) is 210 Å². The first-order valence-corrected chi connectivity index (χ1v) is 22.9. The highest BCUT2D eigenvalue weighted by Gasteiger charge is 2.51. The molecule has 1 saturated carbocycles. The minimum atomic E-state index is -5.12. The van der Waals surface area contributed by atoms with Crippen LogP contribution in [0.5, 0.6) is 0 Å². The second-order valence-electron chi connectivity index (χ2n) is 14.8. The number of aliphatic hydroxyl groups is 5. The molecule has 0 aromatic heterocycles. The standard InChI is InChI=1S/C43H75O13P/c1-3-5-7-9-11-13-15-16-17-18-19-20-22-23-25-27-29-31-36(44)53-33-35(55-37(45)32-30-28-26-24-21-14-12-10-8-6-4-2)34-54-57(51,52)56-43-41(49)39(47)38(46)40(48)42(43)50/h11,13,16-17,19-20,23,25,35,38-43,46-50H,3-10,12,14-15,18,21-22,24,26-34H2,1-2H3,(H,51,52)/b13-11-,17-16-,20-19-,25-23-/t35-,38?,39-,40?,41?,42?,43?/m1/s1. The molecule has 8 atom stereocenters. The lowest BCUT2D eigenvalue weighted by atomic mass is 9.85. The summed E-state index contributed by atoms with van der Waals surface area (Å²) in [5.41, 5.74) is 0. The number of phosphoric ester groups is 1. The predicted molar refractivity (Wildman–Crippen MR) is 221 cm³/mol. The lowest BCUT2D eigenvalue weighted by Crippen LogP contribution is -2.64. The van der Waals surface area contributed by atoms with Gasteiger partial charge in [0.1, 0.15) is 43.2 Å². The molecule has 0 radical (unpaired) electrons. The molecule has 0 amide bonds. The van der Waals surface area contributed by atoms with Gasteiger partial charge in [-0.1, -0.05) is 140 Å². The number of phosphoric acid groups is 1. The molecule has 1 aliphatic carbocycles. The van der Waals surface area contributed by atoms with Crippen LogP contribution in [0.3, 0.4) is 0 Å². The van der Waals surface area contributed by atoms with E-state index in [2.05, 4.69) is 50.3 Å². The highest BCUT2D eigenvalue weighted by atomic mass is 31.2. The Labute approximate surface area is 341 Å². The summed E-state index contributed by atoms with van der Waals surface area (Å²) < 4.78 is 33.3. The molecule has 6 unspecified atom stereocenters. The average molecular weight is 831 g/mol. The number of ether oxygens (including phenoxy) is 2. The Balaban J connectivity index is 2.53. The Bertz CT molecular complexity index is 1190. The van der Waals surface area contributed by atoms with Crippen LogP contribution < -0.4 is 0 Å². The monoisotopic (exact) mass is 830 g/mol. The first kappa shape index (κ1) is 52.8. The Kier molecular flexibility index (Phi) is 31.2. The van der Waals surface area contributed by atoms with E-state index < -0.39 is 75.7 Å². The van der Waals surface area contributed by atoms with Crippen molar-refractivity contribution in [2.75, 3.05) is 13.2 Å². The second kappa shape index (κ2) is 33.6. The van der Waals surface area contributed by atoms with Crippen LogP contribution in [-0.2, 0) is 32.7 Å². The largest absolute Gasteiger partial charge is 0.472 e. The summed E-state index contributed by atoms with van der Waals surface area (Å²) in [6.07, 6.45) is 24.7. The van der Waals surface area contributed by atoms with Crippen molar-refractivity contribution in [3.05, 3.63) is 48.6 Å². The number of hydrogen-bond donors (Lipinski definition) is 6. The zero-order chi connectivity index (χ0) is 42.2. The van der Waals surface area contributed by atoms with Crippen LogP contribution in [0, 0.1) is 0 Å². The van der Waals surface area contributed by atoms with E-state index in [1.807, 2.05) is 12.2 Å². The van der Waals surface area contributed by atoms with Crippen LogP contribution in [0.15, 0.2) is 48.6 Å². The molecule has 0 saturated heterocycles. The minimum Gasteiger partial charge on any atom is -0.462 e. The first-order valence-electron chi connectivity index (χ1n) is 21.4. The maximum atomic E-state index is 12.8. The molecule has 330 valence electrons. The molecule has 57 heavy (non-hydrogen) atoms. The van der Waals surface area contributed by atoms with Crippen LogP contribution in [-0.4, -0.2) is 98.3 Å². The van der Waals surface area contributed by atoms with Crippen molar-refractivity contribution in [2.24, 2.45) is 0 Å². The number of allylic oxidation sites excluding steroid dienone is 8. The van der Waals surface area contributed by atoms with Gasteiger partial charge in [0.15, 0.2) is 6.10 Å². The van der Waals surface area contributed by atoms with E-state index in [1.165, 1.54) is 57.8 Å². The zero-order valence-corrected chi connectivity index (χ0v) is 35.5. The van der Waals surface area contributed by atoms with Crippen molar-refractivity contribution in [3.8, 4) is 0 Å². The molecule has 0 spiro atoms. The molecule has 0 aromatic carbocycles. The van der Waals surface area contributed by atoms with Crippen LogP contribution in [0.1, 0.15) is 155 Å². The van der Waals surface area contributed by atoms with Crippen molar-refractivity contribution in [1.29, 1.82) is 0 Å². The van der Waals surface area contributed by atoms with E-state index >= 15 is 0 Å². The molecule has 14 heteroatoms. The number of aliphatic hydroxyl groups excluding tert-OH is 5. The third kappa shape index (κ3) is 26.5. The third-order valence-electron chi connectivity index (χ3n) is 9.67. The van der Waals surface area contributed by atoms with Crippen LogP contribution in [0.2, 0.25) is 0 Å². The summed E-state index contributed by atoms with van der Waals surface area (Å²) in [5.74, 6) is -1.17. The summed E-state index contributed by atoms with van der Waals surface area (Å²) >= 11 is 0. The van der Waals surface area contributed by atoms with E-state index in [-0.39, 0.29) is 12.8 Å². The van der Waals surface area contributed by atoms with Gasteiger partial charge in [0.2, 0.25) is 0 Å². The molecule has 1 fully saturated rings. The van der Waals surface area contributed by atoms with E-state index in [1.54, 1.807) is 0 Å². The maximum Gasteiger partial charge on any atom is 0.472 e. The van der Waals surface area contributed by atoms with Gasteiger partial charge in [0, 0.05) is 12.8 Å². The van der Waals surface area contributed by atoms with Gasteiger partial charge in [-0.3, -0.25) is 18.6 Å². The predicted octanol–water partition coefficient (Wildman–Crippen LogP) is 7.61. The first-order chi connectivity index (χ1) is 27.4. The molecular formula is C43H75O13P. The fourth-order valence-electron chi connectivity index (χ4n) is 6.16. The highest BCUT2D eigenvalue weighted by Crippen LogP contribution is 2.47. The molecule has 1 aliphatic rings. The molecule has 0 heterocycles. The molecule has 1 rings (SSSR count). The lowest BCUT2D eigenvalue weighted by molar-refractivity contribution is -0.220. The van der Waals surface area contributed by atoms with Gasteiger partial charge < -0.3 is 39.9 Å². The average Bonchev–Trinajstić information content (AvgIpc) is 3.19. The molecule has 0 aromatic rings. The van der Waals surface area contributed by atoms with Gasteiger partial charge in [0.05, 0.1) is 6.61 Å². The number of unbranched alkanes of at least 4 members (excludes halogenated alkanes) is 14. The number of carbonyl (C=O) groups excluding carboxylic acids is 2. The van der Waals surface area contributed by atoms with E-state index in [4.69, 9.17) is 18.5 Å². The van der Waals surface area contributed by atoms with Gasteiger partial charge >= 0.3 is 19.8 Å². The second-order valence-corrected chi connectivity index (χ2v) is 16.3. The summed E-state index contributed by atoms with van der Waals surface area (Å²) in [7, 11) is -5.12. The summed E-state index contributed by atoms with van der Waals surface area (Å²) in [6.45, 7) is 3.19. The Morgan fingerprint density at radius 3 is 1.49 bits per heavy atom. The van der Waals surface area contributed by atoms with E-state index in [0.29, 0.717) is 19.3 Å². The SMILES string of the molecule is CCCCC/C=C\C/C=C\C/C=C\C/C=C\CCCC(=O)OC[C@H](COP(=O)(O)OC1C(O)C(O)C(O)[C@@H](O)C1O)OC(=O)CCCCCCCCCCCCC. The smallest absolute Gasteiger partial charge is 0.462 e.